The lowest BCUT2D eigenvalue weighted by molar-refractivity contribution is -0.131. The van der Waals surface area contributed by atoms with E-state index in [1.807, 2.05) is 4.90 Å². The normalized spacial score (nSPS) is 20.1. The summed E-state index contributed by atoms with van der Waals surface area (Å²) in [4.78, 5) is 17.0. The van der Waals surface area contributed by atoms with Crippen LogP contribution in [0, 0.1) is 6.92 Å². The molecule has 4 rings (SSSR count). The van der Waals surface area contributed by atoms with Crippen molar-refractivity contribution in [2.24, 2.45) is 0 Å². The molecule has 7 nitrogen and oxygen atoms in total. The molecule has 1 atom stereocenters. The topological polar surface area (TPSA) is 63.5 Å². The van der Waals surface area contributed by atoms with E-state index in [4.69, 9.17) is 4.74 Å². The predicted molar refractivity (Wildman–Crippen MR) is 115 cm³/mol. The Hall–Kier alpha value is -2.06. The van der Waals surface area contributed by atoms with Crippen LogP contribution in [-0.4, -0.2) is 70.2 Å². The highest BCUT2D eigenvalue weighted by atomic mass is 32.2. The molecule has 1 unspecified atom stereocenters. The molecular weight excluding hydrogens is 386 g/mol. The van der Waals surface area contributed by atoms with Gasteiger partial charge in [0.05, 0.1) is 24.7 Å². The van der Waals surface area contributed by atoms with E-state index in [0.29, 0.717) is 25.0 Å². The number of benzene rings is 1. The molecule has 2 fully saturated rings. The van der Waals surface area contributed by atoms with Gasteiger partial charge in [-0.2, -0.15) is 0 Å². The summed E-state index contributed by atoms with van der Waals surface area (Å²) in [6, 6.07) is 8.68. The second-order valence-electron chi connectivity index (χ2n) is 7.77. The molecule has 1 aromatic carbocycles. The molecule has 0 bridgehead atoms. The summed E-state index contributed by atoms with van der Waals surface area (Å²) in [5.74, 6) is 1.39. The van der Waals surface area contributed by atoms with Crippen molar-refractivity contribution >= 4 is 23.6 Å². The monoisotopic (exact) mass is 415 g/mol. The number of morpholine rings is 1. The number of amides is 1. The van der Waals surface area contributed by atoms with Gasteiger partial charge in [0.1, 0.15) is 0 Å². The van der Waals surface area contributed by atoms with E-state index in [-0.39, 0.29) is 5.91 Å². The molecule has 2 aliphatic heterocycles. The Kier molecular flexibility index (Phi) is 6.40. The minimum absolute atomic E-state index is 0.188. The highest BCUT2D eigenvalue weighted by Crippen LogP contribution is 2.28. The third-order valence-corrected chi connectivity index (χ3v) is 6.56. The van der Waals surface area contributed by atoms with E-state index in [2.05, 4.69) is 57.8 Å². The van der Waals surface area contributed by atoms with E-state index in [1.165, 1.54) is 23.7 Å². The highest BCUT2D eigenvalue weighted by Gasteiger charge is 2.25. The van der Waals surface area contributed by atoms with E-state index < -0.39 is 0 Å². The lowest BCUT2D eigenvalue weighted by Crippen LogP contribution is -2.43. The first-order chi connectivity index (χ1) is 14.1. The molecule has 29 heavy (non-hydrogen) atoms. The first-order valence-corrected chi connectivity index (χ1v) is 11.4. The molecule has 0 spiro atoms. The summed E-state index contributed by atoms with van der Waals surface area (Å²) < 4.78 is 7.56. The number of aryl methyl sites for hydroxylation is 1. The number of rotatable bonds is 5. The maximum atomic E-state index is 12.8. The van der Waals surface area contributed by atoms with Crippen LogP contribution in [0.3, 0.4) is 0 Å². The fourth-order valence-electron chi connectivity index (χ4n) is 3.92. The van der Waals surface area contributed by atoms with Crippen LogP contribution >= 0.6 is 11.8 Å². The van der Waals surface area contributed by atoms with Crippen LogP contribution < -0.4 is 4.90 Å². The fraction of sp³-hybridized carbons (Fsp3) is 0.571. The largest absolute Gasteiger partial charge is 0.378 e. The first-order valence-electron chi connectivity index (χ1n) is 10.4. The zero-order chi connectivity index (χ0) is 20.2. The van der Waals surface area contributed by atoms with E-state index >= 15 is 0 Å². The van der Waals surface area contributed by atoms with Crippen LogP contribution in [0.2, 0.25) is 0 Å². The Morgan fingerprint density at radius 3 is 2.62 bits per heavy atom. The van der Waals surface area contributed by atoms with Gasteiger partial charge in [-0.05, 0) is 45.2 Å². The molecule has 1 amide bonds. The maximum absolute atomic E-state index is 12.8. The van der Waals surface area contributed by atoms with Crippen molar-refractivity contribution in [2.75, 3.05) is 43.5 Å². The van der Waals surface area contributed by atoms with Crippen LogP contribution in [0.1, 0.15) is 31.7 Å². The van der Waals surface area contributed by atoms with Gasteiger partial charge in [-0.25, -0.2) is 0 Å². The zero-order valence-electron chi connectivity index (χ0n) is 17.2. The van der Waals surface area contributed by atoms with Gasteiger partial charge in [-0.3, -0.25) is 9.36 Å². The number of hydrogen-bond acceptors (Lipinski definition) is 6. The van der Waals surface area contributed by atoms with Gasteiger partial charge in [0, 0.05) is 25.7 Å². The van der Waals surface area contributed by atoms with Crippen molar-refractivity contribution in [1.82, 2.24) is 19.7 Å². The number of ether oxygens (including phenoxy) is 1. The van der Waals surface area contributed by atoms with Gasteiger partial charge in [-0.1, -0.05) is 29.5 Å². The van der Waals surface area contributed by atoms with Gasteiger partial charge in [0.15, 0.2) is 5.16 Å². The fourth-order valence-corrected chi connectivity index (χ4v) is 4.75. The third kappa shape index (κ3) is 4.59. The summed E-state index contributed by atoms with van der Waals surface area (Å²) in [6.45, 7) is 8.05. The molecule has 2 aliphatic rings. The van der Waals surface area contributed by atoms with Crippen LogP contribution in [-0.2, 0) is 9.53 Å². The maximum Gasteiger partial charge on any atom is 0.233 e. The molecule has 2 aromatic rings. The Morgan fingerprint density at radius 1 is 1.14 bits per heavy atom. The standard InChI is InChI=1S/C21H29N5O2S/c1-16-6-8-18(9-7-16)26-20(24-11-13-28-14-12-24)22-23-21(26)29-15-19(27)25-10-4-3-5-17(25)2/h6-9,17H,3-5,10-15H2,1-2H3. The molecule has 8 heteroatoms. The number of nitrogens with zero attached hydrogens (tertiary/aromatic N) is 5. The van der Waals surface area contributed by atoms with Gasteiger partial charge in [0.25, 0.3) is 0 Å². The van der Waals surface area contributed by atoms with Crippen molar-refractivity contribution in [3.05, 3.63) is 29.8 Å². The van der Waals surface area contributed by atoms with Crippen LogP contribution in [0.15, 0.2) is 29.4 Å². The van der Waals surface area contributed by atoms with Crippen molar-refractivity contribution < 1.29 is 9.53 Å². The van der Waals surface area contributed by atoms with E-state index in [1.54, 1.807) is 0 Å². The second-order valence-corrected chi connectivity index (χ2v) is 8.72. The number of carbonyl (C=O) groups is 1. The molecule has 0 aliphatic carbocycles. The van der Waals surface area contributed by atoms with E-state index in [0.717, 1.165) is 49.3 Å². The molecule has 156 valence electrons. The van der Waals surface area contributed by atoms with E-state index in [9.17, 15) is 4.79 Å². The lowest BCUT2D eigenvalue weighted by Gasteiger charge is -2.33. The Labute approximate surface area is 176 Å². The Bertz CT molecular complexity index is 832. The molecule has 3 heterocycles. The van der Waals surface area contributed by atoms with Crippen molar-refractivity contribution in [3.8, 4) is 5.69 Å². The SMILES string of the molecule is Cc1ccc(-n2c(SCC(=O)N3CCCCC3C)nnc2N2CCOCC2)cc1. The number of anilines is 1. The summed E-state index contributed by atoms with van der Waals surface area (Å²) in [5, 5.41) is 9.69. The zero-order valence-corrected chi connectivity index (χ0v) is 18.0. The molecule has 1 aromatic heterocycles. The smallest absolute Gasteiger partial charge is 0.233 e. The molecule has 0 radical (unpaired) electrons. The summed E-state index contributed by atoms with van der Waals surface area (Å²) in [5.41, 5.74) is 2.22. The minimum atomic E-state index is 0.188. The third-order valence-electron chi connectivity index (χ3n) is 5.65. The average molecular weight is 416 g/mol. The number of thioether (sulfide) groups is 1. The van der Waals surface area contributed by atoms with Gasteiger partial charge < -0.3 is 14.5 Å². The van der Waals surface area contributed by atoms with Crippen molar-refractivity contribution in [3.63, 3.8) is 0 Å². The van der Waals surface area contributed by atoms with Crippen LogP contribution in [0.25, 0.3) is 5.69 Å². The molecule has 0 N–H and O–H groups in total. The van der Waals surface area contributed by atoms with Gasteiger partial charge in [0.2, 0.25) is 11.9 Å². The first kappa shape index (κ1) is 20.2. The average Bonchev–Trinajstić information content (AvgIpc) is 3.17. The summed E-state index contributed by atoms with van der Waals surface area (Å²) in [6.07, 6.45) is 3.40. The van der Waals surface area contributed by atoms with Gasteiger partial charge >= 0.3 is 0 Å². The number of piperidine rings is 1. The Balaban J connectivity index is 1.56. The number of hydrogen-bond donors (Lipinski definition) is 0. The van der Waals surface area contributed by atoms with Gasteiger partial charge in [-0.15, -0.1) is 10.2 Å². The summed E-state index contributed by atoms with van der Waals surface area (Å²) >= 11 is 1.47. The van der Waals surface area contributed by atoms with Crippen molar-refractivity contribution in [1.29, 1.82) is 0 Å². The number of aromatic nitrogens is 3. The molecular formula is C21H29N5O2S. The molecule has 0 saturated carbocycles. The highest BCUT2D eigenvalue weighted by molar-refractivity contribution is 7.99. The Morgan fingerprint density at radius 2 is 1.90 bits per heavy atom. The lowest BCUT2D eigenvalue weighted by atomic mass is 10.0. The van der Waals surface area contributed by atoms with Crippen molar-refractivity contribution in [2.45, 2.75) is 44.3 Å². The second kappa shape index (κ2) is 9.17. The quantitative estimate of drug-likeness (QED) is 0.700. The number of carbonyl (C=O) groups excluding carboxylic acids is 1. The number of likely N-dealkylation sites (tertiary alicyclic amines) is 1. The summed E-state index contributed by atoms with van der Waals surface area (Å²) in [7, 11) is 0. The minimum Gasteiger partial charge on any atom is -0.378 e. The molecule has 2 saturated heterocycles. The predicted octanol–water partition coefficient (Wildman–Crippen LogP) is 2.91. The van der Waals surface area contributed by atoms with Crippen LogP contribution in [0.5, 0.6) is 0 Å². The van der Waals surface area contributed by atoms with Crippen LogP contribution in [0.4, 0.5) is 5.95 Å².